The summed E-state index contributed by atoms with van der Waals surface area (Å²) in [5.74, 6) is 0. The van der Waals surface area contributed by atoms with Gasteiger partial charge in [0.05, 0.1) is 21.3 Å². The van der Waals surface area contributed by atoms with Crippen molar-refractivity contribution in [1.82, 2.24) is 4.57 Å². The smallest absolute Gasteiger partial charge is 0.243 e. The van der Waals surface area contributed by atoms with Crippen LogP contribution in [0.25, 0.3) is 0 Å². The van der Waals surface area contributed by atoms with Gasteiger partial charge in [0, 0.05) is 10.6 Å². The molecule has 4 heteroatoms. The first-order chi connectivity index (χ1) is 11.2. The third kappa shape index (κ3) is 4.28. The van der Waals surface area contributed by atoms with E-state index in [9.17, 15) is 0 Å². The van der Waals surface area contributed by atoms with Crippen molar-refractivity contribution < 1.29 is 9.09 Å². The summed E-state index contributed by atoms with van der Waals surface area (Å²) < 4.78 is 10.7. The molecular weight excluding hydrogens is 303 g/mol. The number of aromatic nitrogens is 2. The number of imidazole rings is 1. The lowest BCUT2D eigenvalue weighted by Gasteiger charge is -2.22. The van der Waals surface area contributed by atoms with Crippen molar-refractivity contribution in [3.8, 4) is 0 Å². The molecule has 0 aliphatic heterocycles. The number of benzene rings is 2. The van der Waals surface area contributed by atoms with Gasteiger partial charge in [0.25, 0.3) is 0 Å². The van der Waals surface area contributed by atoms with E-state index in [1.807, 2.05) is 29.9 Å². The minimum Gasteiger partial charge on any atom is -0.343 e. The zero-order valence-electron chi connectivity index (χ0n) is 13.5. The molecule has 0 amide bonds. The molecule has 23 heavy (non-hydrogen) atoms. The van der Waals surface area contributed by atoms with Crippen LogP contribution in [0.4, 0.5) is 0 Å². The van der Waals surface area contributed by atoms with Gasteiger partial charge in [0.15, 0.2) is 0 Å². The monoisotopic (exact) mass is 325 g/mol. The van der Waals surface area contributed by atoms with E-state index in [0.717, 1.165) is 6.54 Å². The normalized spacial score (nSPS) is 12.5. The zero-order chi connectivity index (χ0) is 16.1. The van der Waals surface area contributed by atoms with Crippen LogP contribution in [0.2, 0.25) is 0 Å². The number of nitrogens with zero attached hydrogens (tertiary/aromatic N) is 2. The molecule has 3 rings (SSSR count). The molecule has 0 N–H and O–H groups in total. The molecule has 1 aromatic heterocycles. The summed E-state index contributed by atoms with van der Waals surface area (Å²) in [6.07, 6.45) is 6.33. The van der Waals surface area contributed by atoms with Gasteiger partial charge in [-0.25, -0.2) is 9.13 Å². The van der Waals surface area contributed by atoms with Crippen molar-refractivity contribution in [3.63, 3.8) is 0 Å². The lowest BCUT2D eigenvalue weighted by molar-refractivity contribution is -0.671. The van der Waals surface area contributed by atoms with Crippen LogP contribution >= 0.6 is 8.15 Å². The molecule has 0 saturated heterocycles. The van der Waals surface area contributed by atoms with Gasteiger partial charge in [0.1, 0.15) is 18.9 Å². The molecule has 0 spiro atoms. The molecule has 3 aromatic rings. The molecule has 3 nitrogen and oxygen atoms in total. The van der Waals surface area contributed by atoms with Gasteiger partial charge in [-0.15, -0.1) is 0 Å². The second-order valence-electron chi connectivity index (χ2n) is 5.66. The van der Waals surface area contributed by atoms with E-state index in [1.165, 1.54) is 10.6 Å². The van der Waals surface area contributed by atoms with Crippen LogP contribution in [0.5, 0.6) is 0 Å². The Balaban J connectivity index is 1.79. The summed E-state index contributed by atoms with van der Waals surface area (Å²) in [6.45, 7) is 2.99. The molecule has 118 valence electrons. The molecule has 0 saturated carbocycles. The summed E-state index contributed by atoms with van der Waals surface area (Å²) in [7, 11) is 1.23. The highest BCUT2D eigenvalue weighted by atomic mass is 31.1. The Bertz CT molecular complexity index is 688. The van der Waals surface area contributed by atoms with E-state index in [0.29, 0.717) is 0 Å². The molecule has 0 aliphatic carbocycles. The number of rotatable bonds is 6. The highest BCUT2D eigenvalue weighted by Gasteiger charge is 2.19. The average molecular weight is 325 g/mol. The molecule has 0 radical (unpaired) electrons. The van der Waals surface area contributed by atoms with Gasteiger partial charge in [-0.3, -0.25) is 0 Å². The summed E-state index contributed by atoms with van der Waals surface area (Å²) in [6, 6.07) is 21.0. The maximum absolute atomic E-state index is 6.47. The molecule has 0 fully saturated rings. The van der Waals surface area contributed by atoms with E-state index >= 15 is 0 Å². The Morgan fingerprint density at radius 1 is 1.00 bits per heavy atom. The van der Waals surface area contributed by atoms with Crippen LogP contribution in [0.1, 0.15) is 6.92 Å². The van der Waals surface area contributed by atoms with Crippen molar-refractivity contribution in [1.29, 1.82) is 0 Å². The van der Waals surface area contributed by atoms with Crippen LogP contribution < -0.4 is 15.2 Å². The van der Waals surface area contributed by atoms with Gasteiger partial charge >= 0.3 is 0 Å². The topological polar surface area (TPSA) is 18.0 Å². The summed E-state index contributed by atoms with van der Waals surface area (Å²) >= 11 is 0. The van der Waals surface area contributed by atoms with E-state index in [-0.39, 0.29) is 6.10 Å². The van der Waals surface area contributed by atoms with Gasteiger partial charge < -0.3 is 4.52 Å². The molecule has 0 aliphatic rings. The Hall–Kier alpha value is -1.96. The van der Waals surface area contributed by atoms with Crippen LogP contribution in [0, 0.1) is 0 Å². The van der Waals surface area contributed by atoms with Crippen LogP contribution in [-0.4, -0.2) is 10.7 Å². The summed E-state index contributed by atoms with van der Waals surface area (Å²) in [5, 5.41) is 2.50. The highest BCUT2D eigenvalue weighted by molar-refractivity contribution is 7.68. The fourth-order valence-electron chi connectivity index (χ4n) is 2.52. The number of hydrogen-bond donors (Lipinski definition) is 0. The Labute approximate surface area is 139 Å². The molecule has 0 bridgehead atoms. The minimum absolute atomic E-state index is 0.133. The summed E-state index contributed by atoms with van der Waals surface area (Å²) in [4.78, 5) is 0. The van der Waals surface area contributed by atoms with Crippen molar-refractivity contribution in [2.75, 3.05) is 0 Å². The van der Waals surface area contributed by atoms with Gasteiger partial charge in [0.2, 0.25) is 6.33 Å². The van der Waals surface area contributed by atoms with E-state index in [4.69, 9.17) is 4.52 Å². The lowest BCUT2D eigenvalue weighted by atomic mass is 10.4. The van der Waals surface area contributed by atoms with E-state index < -0.39 is 8.15 Å². The first-order valence-corrected chi connectivity index (χ1v) is 9.06. The van der Waals surface area contributed by atoms with Crippen molar-refractivity contribution in [3.05, 3.63) is 79.4 Å². The predicted octanol–water partition coefficient (Wildman–Crippen LogP) is 2.77. The first kappa shape index (κ1) is 15.9. The SMILES string of the molecule is CC(Cn1cc[n+](C)c1)OP(c1ccccc1)c1ccccc1. The lowest BCUT2D eigenvalue weighted by Crippen LogP contribution is -2.25. The average Bonchev–Trinajstić information content (AvgIpc) is 2.99. The first-order valence-electron chi connectivity index (χ1n) is 7.80. The predicted molar refractivity (Wildman–Crippen MR) is 95.2 cm³/mol. The Morgan fingerprint density at radius 3 is 2.04 bits per heavy atom. The van der Waals surface area contributed by atoms with Crippen LogP contribution in [0.15, 0.2) is 79.4 Å². The second-order valence-corrected chi connectivity index (χ2v) is 7.49. The quantitative estimate of drug-likeness (QED) is 0.503. The fraction of sp³-hybridized carbons (Fsp3) is 0.211. The molecule has 1 atom stereocenters. The maximum atomic E-state index is 6.47. The maximum Gasteiger partial charge on any atom is 0.243 e. The fourth-order valence-corrected chi connectivity index (χ4v) is 4.37. The van der Waals surface area contributed by atoms with Crippen molar-refractivity contribution in [2.45, 2.75) is 19.6 Å². The third-order valence-electron chi connectivity index (χ3n) is 3.56. The van der Waals surface area contributed by atoms with E-state index in [1.54, 1.807) is 0 Å². The third-order valence-corrected chi connectivity index (χ3v) is 5.66. The Morgan fingerprint density at radius 2 is 1.57 bits per heavy atom. The molecule has 1 heterocycles. The van der Waals surface area contributed by atoms with Crippen LogP contribution in [-0.2, 0) is 18.1 Å². The summed E-state index contributed by atoms with van der Waals surface area (Å²) in [5.41, 5.74) is 0. The molecule has 1 unspecified atom stereocenters. The second kappa shape index (κ2) is 7.54. The van der Waals surface area contributed by atoms with Gasteiger partial charge in [-0.2, -0.15) is 0 Å². The molecular formula is C19H22N2OP+. The zero-order valence-corrected chi connectivity index (χ0v) is 14.4. The number of aryl methyl sites for hydroxylation is 1. The van der Waals surface area contributed by atoms with Gasteiger partial charge in [-0.1, -0.05) is 60.7 Å². The van der Waals surface area contributed by atoms with Crippen molar-refractivity contribution in [2.24, 2.45) is 7.05 Å². The largest absolute Gasteiger partial charge is 0.343 e. The Kier molecular flexibility index (Phi) is 5.22. The van der Waals surface area contributed by atoms with Crippen molar-refractivity contribution >= 4 is 18.8 Å². The minimum atomic E-state index is -0.800. The van der Waals surface area contributed by atoms with E-state index in [2.05, 4.69) is 72.5 Å². The highest BCUT2D eigenvalue weighted by Crippen LogP contribution is 2.36. The van der Waals surface area contributed by atoms with Crippen LogP contribution in [0.3, 0.4) is 0 Å². The molecule has 2 aromatic carbocycles. The van der Waals surface area contributed by atoms with Gasteiger partial charge in [-0.05, 0) is 6.92 Å². The number of hydrogen-bond acceptors (Lipinski definition) is 1. The standard InChI is InChI=1S/C19H22N2OP/c1-17(15-21-14-13-20(2)16-21)22-23(18-9-5-3-6-10-18)19-11-7-4-8-12-19/h3-14,16-17H,15H2,1-2H3/q+1.